The van der Waals surface area contributed by atoms with Crippen molar-refractivity contribution in [1.82, 2.24) is 9.78 Å². The summed E-state index contributed by atoms with van der Waals surface area (Å²) < 4.78 is 6.45. The minimum atomic E-state index is -0.666. The van der Waals surface area contributed by atoms with Crippen LogP contribution in [0, 0.1) is 4.91 Å². The van der Waals surface area contributed by atoms with E-state index in [4.69, 9.17) is 4.74 Å². The molecular weight excluding hydrogens is 240 g/mol. The van der Waals surface area contributed by atoms with Gasteiger partial charge in [0.1, 0.15) is 12.7 Å². The van der Waals surface area contributed by atoms with Gasteiger partial charge in [0, 0.05) is 0 Å². The molecule has 0 bridgehead atoms. The second-order valence-corrected chi connectivity index (χ2v) is 4.61. The smallest absolute Gasteiger partial charge is 0.444 e. The van der Waals surface area contributed by atoms with Crippen molar-refractivity contribution in [3.05, 3.63) is 11.1 Å². The molecule has 0 saturated heterocycles. The highest BCUT2D eigenvalue weighted by Crippen LogP contribution is 2.22. The SMILES string of the molecule is CO[N+](=O)c1nn(C)cc1NC(=O)OC(C)(C)C. The average molecular weight is 257 g/mol. The molecule has 0 fully saturated rings. The third-order valence-corrected chi connectivity index (χ3v) is 1.78. The van der Waals surface area contributed by atoms with Crippen molar-refractivity contribution < 1.29 is 19.3 Å². The molecule has 1 N–H and O–H groups in total. The number of hydrogen-bond acceptors (Lipinski definition) is 5. The van der Waals surface area contributed by atoms with Gasteiger partial charge in [-0.15, -0.1) is 0 Å². The van der Waals surface area contributed by atoms with Crippen LogP contribution in [0.1, 0.15) is 20.8 Å². The summed E-state index contributed by atoms with van der Waals surface area (Å²) in [5.41, 5.74) is -0.409. The maximum atomic E-state index is 11.6. The fourth-order valence-electron chi connectivity index (χ4n) is 1.20. The largest absolute Gasteiger partial charge is 0.457 e. The predicted molar refractivity (Wildman–Crippen MR) is 63.4 cm³/mol. The summed E-state index contributed by atoms with van der Waals surface area (Å²) in [5.74, 6) is -0.0501. The van der Waals surface area contributed by atoms with Crippen LogP contribution in [0.5, 0.6) is 0 Å². The first-order valence-electron chi connectivity index (χ1n) is 5.28. The van der Waals surface area contributed by atoms with E-state index in [1.807, 2.05) is 0 Å². The average Bonchev–Trinajstić information content (AvgIpc) is 2.55. The number of ether oxygens (including phenoxy) is 1. The third-order valence-electron chi connectivity index (χ3n) is 1.78. The number of nitrogens with one attached hydrogen (secondary N) is 1. The zero-order chi connectivity index (χ0) is 13.9. The Morgan fingerprint density at radius 3 is 2.61 bits per heavy atom. The Balaban J connectivity index is 2.84. The molecule has 0 aliphatic rings. The zero-order valence-electron chi connectivity index (χ0n) is 11.1. The summed E-state index contributed by atoms with van der Waals surface area (Å²) in [4.78, 5) is 27.6. The summed E-state index contributed by atoms with van der Waals surface area (Å²) in [5, 5.41) is 6.30. The van der Waals surface area contributed by atoms with E-state index in [1.54, 1.807) is 27.8 Å². The summed E-state index contributed by atoms with van der Waals surface area (Å²) in [6.07, 6.45) is 0.810. The van der Waals surface area contributed by atoms with Gasteiger partial charge in [-0.25, -0.2) is 4.79 Å². The van der Waals surface area contributed by atoms with Crippen LogP contribution in [0.3, 0.4) is 0 Å². The van der Waals surface area contributed by atoms with E-state index >= 15 is 0 Å². The minimum absolute atomic E-state index is 0.0501. The van der Waals surface area contributed by atoms with Crippen LogP contribution < -0.4 is 5.32 Å². The number of hydrogen-bond donors (Lipinski definition) is 1. The molecule has 100 valence electrons. The zero-order valence-corrected chi connectivity index (χ0v) is 11.1. The van der Waals surface area contributed by atoms with E-state index in [2.05, 4.69) is 15.3 Å². The van der Waals surface area contributed by atoms with Crippen LogP contribution in [-0.4, -0.2) is 33.5 Å². The fraction of sp³-hybridized carbons (Fsp3) is 0.600. The van der Waals surface area contributed by atoms with Crippen molar-refractivity contribution in [2.75, 3.05) is 12.4 Å². The Labute approximate surface area is 104 Å². The van der Waals surface area contributed by atoms with Crippen molar-refractivity contribution in [1.29, 1.82) is 0 Å². The number of aromatic nitrogens is 2. The van der Waals surface area contributed by atoms with Crippen molar-refractivity contribution in [3.63, 3.8) is 0 Å². The Bertz CT molecular complexity index is 461. The molecular formula is C10H17N4O4+. The van der Waals surface area contributed by atoms with E-state index in [0.717, 1.165) is 0 Å². The van der Waals surface area contributed by atoms with E-state index in [9.17, 15) is 9.70 Å². The molecule has 0 atom stereocenters. The van der Waals surface area contributed by atoms with Gasteiger partial charge >= 0.3 is 11.9 Å². The number of nitrogens with zero attached hydrogens (tertiary/aromatic N) is 3. The molecule has 8 nitrogen and oxygen atoms in total. The number of carbonyl (C=O) groups is 1. The third kappa shape index (κ3) is 3.72. The number of anilines is 1. The number of amides is 1. The molecule has 0 unspecified atom stereocenters. The molecule has 0 saturated carbocycles. The van der Waals surface area contributed by atoms with Crippen LogP contribution in [-0.2, 0) is 16.6 Å². The van der Waals surface area contributed by atoms with Gasteiger partial charge in [0.2, 0.25) is 0 Å². The van der Waals surface area contributed by atoms with Gasteiger partial charge < -0.3 is 9.57 Å². The number of aryl methyl sites for hydroxylation is 1. The van der Waals surface area contributed by atoms with Crippen LogP contribution in [0.2, 0.25) is 0 Å². The normalized spacial score (nSPS) is 10.9. The van der Waals surface area contributed by atoms with Crippen LogP contribution >= 0.6 is 0 Å². The Morgan fingerprint density at radius 2 is 2.11 bits per heavy atom. The second-order valence-electron chi connectivity index (χ2n) is 4.61. The van der Waals surface area contributed by atoms with Crippen LogP contribution in [0.15, 0.2) is 6.20 Å². The summed E-state index contributed by atoms with van der Waals surface area (Å²) >= 11 is 0. The maximum Gasteiger partial charge on any atom is 0.457 e. The molecule has 1 aromatic rings. The molecule has 18 heavy (non-hydrogen) atoms. The Morgan fingerprint density at radius 1 is 1.50 bits per heavy atom. The topological polar surface area (TPSA) is 85.5 Å². The van der Waals surface area contributed by atoms with Gasteiger partial charge in [-0.2, -0.15) is 4.68 Å². The monoisotopic (exact) mass is 257 g/mol. The lowest BCUT2D eigenvalue weighted by atomic mass is 10.2. The maximum absolute atomic E-state index is 11.6. The molecule has 1 heterocycles. The molecule has 8 heteroatoms. The van der Waals surface area contributed by atoms with Crippen molar-refractivity contribution in [2.24, 2.45) is 7.05 Å². The molecule has 0 aliphatic carbocycles. The summed E-state index contributed by atoms with van der Waals surface area (Å²) in [6, 6.07) is 0. The summed E-state index contributed by atoms with van der Waals surface area (Å²) in [6.45, 7) is 5.23. The standard InChI is InChI=1S/C10H16N4O4/c1-10(2,3)18-9(15)11-7-6-13(4)12-8(7)14(16)17-5/h6H,1-5H3/p+1. The quantitative estimate of drug-likeness (QED) is 0.833. The van der Waals surface area contributed by atoms with Crippen LogP contribution in [0.4, 0.5) is 16.3 Å². The van der Waals surface area contributed by atoms with Gasteiger partial charge in [-0.3, -0.25) is 5.32 Å². The lowest BCUT2D eigenvalue weighted by Gasteiger charge is -2.18. The van der Waals surface area contributed by atoms with Gasteiger partial charge in [-0.05, 0) is 25.7 Å². The first-order valence-corrected chi connectivity index (χ1v) is 5.28. The van der Waals surface area contributed by atoms with Crippen molar-refractivity contribution in [2.45, 2.75) is 26.4 Å². The Kier molecular flexibility index (Phi) is 3.89. The highest BCUT2D eigenvalue weighted by Gasteiger charge is 2.28. The number of rotatable bonds is 3. The highest BCUT2D eigenvalue weighted by atomic mass is 16.8. The lowest BCUT2D eigenvalue weighted by Crippen LogP contribution is -2.27. The molecule has 0 aliphatic heterocycles. The lowest BCUT2D eigenvalue weighted by molar-refractivity contribution is -0.738. The Hall–Kier alpha value is -2.12. The minimum Gasteiger partial charge on any atom is -0.444 e. The highest BCUT2D eigenvalue weighted by molar-refractivity contribution is 5.87. The molecule has 0 aromatic carbocycles. The second kappa shape index (κ2) is 5.03. The van der Waals surface area contributed by atoms with Gasteiger partial charge in [0.25, 0.3) is 0 Å². The van der Waals surface area contributed by atoms with E-state index in [-0.39, 0.29) is 16.4 Å². The van der Waals surface area contributed by atoms with E-state index in [1.165, 1.54) is 18.0 Å². The summed E-state index contributed by atoms with van der Waals surface area (Å²) in [7, 11) is 2.83. The van der Waals surface area contributed by atoms with Crippen molar-refractivity contribution >= 4 is 17.6 Å². The first-order chi connectivity index (χ1) is 8.23. The molecule has 0 spiro atoms. The van der Waals surface area contributed by atoms with Gasteiger partial charge in [-0.1, -0.05) is 0 Å². The van der Waals surface area contributed by atoms with Gasteiger partial charge in [0.15, 0.2) is 10.6 Å². The molecule has 1 amide bonds. The molecule has 1 aromatic heterocycles. The van der Waals surface area contributed by atoms with E-state index in [0.29, 0.717) is 0 Å². The first kappa shape index (κ1) is 13.9. The molecule has 0 radical (unpaired) electrons. The predicted octanol–water partition coefficient (Wildman–Crippen LogP) is 1.74. The van der Waals surface area contributed by atoms with Crippen LogP contribution in [0.25, 0.3) is 0 Å². The fourth-order valence-corrected chi connectivity index (χ4v) is 1.20. The van der Waals surface area contributed by atoms with E-state index < -0.39 is 11.7 Å². The molecule has 1 rings (SSSR count). The van der Waals surface area contributed by atoms with Crippen molar-refractivity contribution in [3.8, 4) is 0 Å². The van der Waals surface area contributed by atoms with Gasteiger partial charge in [0.05, 0.1) is 18.3 Å². The number of carbonyl (C=O) groups excluding carboxylic acids is 1.